The third-order valence-electron chi connectivity index (χ3n) is 1.53. The van der Waals surface area contributed by atoms with Crippen LogP contribution in [0.25, 0.3) is 0 Å². The zero-order valence-corrected chi connectivity index (χ0v) is 9.21. The summed E-state index contributed by atoms with van der Waals surface area (Å²) < 4.78 is 5.54. The van der Waals surface area contributed by atoms with E-state index in [4.69, 9.17) is 4.43 Å². The van der Waals surface area contributed by atoms with Gasteiger partial charge in [-0.25, -0.2) is 0 Å². The highest BCUT2D eigenvalue weighted by Gasteiger charge is 2.07. The molecule has 0 aromatic heterocycles. The summed E-state index contributed by atoms with van der Waals surface area (Å²) in [6.45, 7) is 4.01. The van der Waals surface area contributed by atoms with Crippen molar-refractivity contribution in [3.8, 4) is 0 Å². The van der Waals surface area contributed by atoms with Crippen LogP contribution in [0.1, 0.15) is 6.92 Å². The van der Waals surface area contributed by atoms with Crippen molar-refractivity contribution >= 4 is 9.20 Å². The molecule has 0 bridgehead atoms. The van der Waals surface area contributed by atoms with Gasteiger partial charge < -0.3 is 14.3 Å². The molecule has 0 heterocycles. The van der Waals surface area contributed by atoms with E-state index in [-0.39, 0.29) is 0 Å². The molecule has 1 unspecified atom stereocenters. The first-order valence-electron chi connectivity index (χ1n) is 4.14. The molecule has 1 N–H and O–H groups in total. The maximum absolute atomic E-state index is 5.54. The molecule has 1 atom stereocenters. The molecule has 4 heteroatoms. The summed E-state index contributed by atoms with van der Waals surface area (Å²) in [4.78, 5) is 5.44. The van der Waals surface area contributed by atoms with E-state index in [1.165, 1.54) is 6.04 Å². The molecule has 0 aromatic carbocycles. The summed E-state index contributed by atoms with van der Waals surface area (Å²) >= 11 is 0. The summed E-state index contributed by atoms with van der Waals surface area (Å²) in [6.07, 6.45) is 0. The molecular formula is C7H20N2OSi. The quantitative estimate of drug-likeness (QED) is 0.578. The first kappa shape index (κ1) is 11.1. The van der Waals surface area contributed by atoms with Gasteiger partial charge in [-0.2, -0.15) is 0 Å². The summed E-state index contributed by atoms with van der Waals surface area (Å²) in [5.74, 6) is 0. The molecule has 3 nitrogen and oxygen atoms in total. The Hall–Kier alpha value is 0.0969. The fraction of sp³-hybridized carbons (Fsp3) is 1.00. The highest BCUT2D eigenvalue weighted by molar-refractivity contribution is 6.48. The average Bonchev–Trinajstić information content (AvgIpc) is 1.97. The van der Waals surface area contributed by atoms with E-state index in [1.807, 2.05) is 14.0 Å². The van der Waals surface area contributed by atoms with Crippen molar-refractivity contribution in [3.63, 3.8) is 0 Å². The van der Waals surface area contributed by atoms with Gasteiger partial charge in [0, 0.05) is 6.61 Å². The van der Waals surface area contributed by atoms with Crippen LogP contribution in [0.15, 0.2) is 0 Å². The van der Waals surface area contributed by atoms with Crippen LogP contribution >= 0.6 is 0 Å². The molecule has 0 saturated carbocycles. The minimum atomic E-state index is -1.06. The van der Waals surface area contributed by atoms with E-state index in [0.29, 0.717) is 0 Å². The molecule has 0 aliphatic carbocycles. The predicted molar refractivity (Wildman–Crippen MR) is 51.2 cm³/mol. The first-order chi connectivity index (χ1) is 5.20. The molecule has 0 fully saturated rings. The van der Waals surface area contributed by atoms with Gasteiger partial charge in [-0.3, -0.25) is 0 Å². The van der Waals surface area contributed by atoms with Gasteiger partial charge in [-0.1, -0.05) is 0 Å². The van der Waals surface area contributed by atoms with Gasteiger partial charge in [-0.15, -0.1) is 0 Å². The number of hydrogen-bond acceptors (Lipinski definition) is 3. The normalized spacial score (nSPS) is 13.9. The van der Waals surface area contributed by atoms with E-state index in [1.54, 1.807) is 0 Å². The molecular weight excluding hydrogens is 156 g/mol. The summed E-state index contributed by atoms with van der Waals surface area (Å²) in [6, 6.07) is 1.18. The summed E-state index contributed by atoms with van der Waals surface area (Å²) in [7, 11) is 5.11. The van der Waals surface area contributed by atoms with Crippen molar-refractivity contribution in [2.45, 2.75) is 13.0 Å². The van der Waals surface area contributed by atoms with Gasteiger partial charge in [0.1, 0.15) is 0 Å². The maximum Gasteiger partial charge on any atom is 0.253 e. The molecule has 0 saturated heterocycles. The van der Waals surface area contributed by atoms with Crippen molar-refractivity contribution < 1.29 is 4.43 Å². The maximum atomic E-state index is 5.54. The van der Waals surface area contributed by atoms with E-state index in [2.05, 4.69) is 24.0 Å². The Bertz CT molecular complexity index is 90.5. The van der Waals surface area contributed by atoms with Crippen LogP contribution < -0.4 is 4.98 Å². The van der Waals surface area contributed by atoms with Crippen LogP contribution in [0.2, 0.25) is 6.04 Å². The molecule has 0 rings (SSSR count). The lowest BCUT2D eigenvalue weighted by Gasteiger charge is -2.16. The fourth-order valence-corrected chi connectivity index (χ4v) is 2.66. The highest BCUT2D eigenvalue weighted by Crippen LogP contribution is 1.91. The Kier molecular flexibility index (Phi) is 6.85. The fourth-order valence-electron chi connectivity index (χ4n) is 0.888. The van der Waals surface area contributed by atoms with Crippen LogP contribution in [0.5, 0.6) is 0 Å². The zero-order valence-electron chi connectivity index (χ0n) is 8.05. The first-order valence-corrected chi connectivity index (χ1v) is 6.00. The minimum absolute atomic E-state index is 0.838. The van der Waals surface area contributed by atoms with Gasteiger partial charge in [0.25, 0.3) is 9.20 Å². The van der Waals surface area contributed by atoms with Crippen LogP contribution in [0.4, 0.5) is 0 Å². The highest BCUT2D eigenvalue weighted by atomic mass is 28.3. The predicted octanol–water partition coefficient (Wildman–Crippen LogP) is 0.0244. The van der Waals surface area contributed by atoms with Crippen LogP contribution in [-0.2, 0) is 4.43 Å². The number of hydrogen-bond donors (Lipinski definition) is 1. The molecule has 0 aliphatic heterocycles. The summed E-state index contributed by atoms with van der Waals surface area (Å²) in [5.41, 5.74) is 0. The second kappa shape index (κ2) is 6.79. The van der Waals surface area contributed by atoms with Gasteiger partial charge in [-0.05, 0) is 40.7 Å². The lowest BCUT2D eigenvalue weighted by Crippen LogP contribution is -2.36. The third kappa shape index (κ3) is 6.49. The van der Waals surface area contributed by atoms with E-state index in [9.17, 15) is 0 Å². The van der Waals surface area contributed by atoms with E-state index >= 15 is 0 Å². The van der Waals surface area contributed by atoms with Gasteiger partial charge in [0.2, 0.25) is 0 Å². The van der Waals surface area contributed by atoms with E-state index < -0.39 is 9.20 Å². The Morgan fingerprint density at radius 2 is 2.09 bits per heavy atom. The molecule has 0 aromatic rings. The third-order valence-corrected chi connectivity index (χ3v) is 3.69. The molecule has 0 amide bonds. The number of rotatable bonds is 6. The largest absolute Gasteiger partial charge is 0.406 e. The molecule has 0 radical (unpaired) electrons. The second-order valence-electron chi connectivity index (χ2n) is 2.82. The summed E-state index contributed by atoms with van der Waals surface area (Å²) in [5, 5.41) is 0. The standard InChI is InChI=1S/C7H20N2OSi/c1-5-10-11(8-2)7-6-9(3)4/h8,11H,5-7H2,1-4H3. The van der Waals surface area contributed by atoms with Crippen molar-refractivity contribution in [3.05, 3.63) is 0 Å². The van der Waals surface area contributed by atoms with Crippen LogP contribution in [0.3, 0.4) is 0 Å². The topological polar surface area (TPSA) is 24.5 Å². The number of nitrogens with one attached hydrogen (secondary N) is 1. The smallest absolute Gasteiger partial charge is 0.253 e. The van der Waals surface area contributed by atoms with Gasteiger partial charge in [0.05, 0.1) is 0 Å². The monoisotopic (exact) mass is 176 g/mol. The molecule has 68 valence electrons. The number of nitrogens with zero attached hydrogens (tertiary/aromatic N) is 1. The van der Waals surface area contributed by atoms with Crippen LogP contribution in [0, 0.1) is 0 Å². The SMILES string of the molecule is CCO[SiH](CCN(C)C)NC. The van der Waals surface area contributed by atoms with E-state index in [0.717, 1.165) is 13.2 Å². The van der Waals surface area contributed by atoms with Crippen molar-refractivity contribution in [2.75, 3.05) is 34.3 Å². The molecule has 11 heavy (non-hydrogen) atoms. The van der Waals surface area contributed by atoms with Crippen molar-refractivity contribution in [2.24, 2.45) is 0 Å². The lowest BCUT2D eigenvalue weighted by atomic mass is 10.7. The Morgan fingerprint density at radius 3 is 2.45 bits per heavy atom. The Morgan fingerprint density at radius 1 is 1.45 bits per heavy atom. The van der Waals surface area contributed by atoms with Crippen LogP contribution in [-0.4, -0.2) is 48.4 Å². The Labute approximate surface area is 71.5 Å². The van der Waals surface area contributed by atoms with Gasteiger partial charge >= 0.3 is 0 Å². The molecule has 0 aliphatic rings. The second-order valence-corrected chi connectivity index (χ2v) is 5.29. The Balaban J connectivity index is 3.35. The molecule has 0 spiro atoms. The van der Waals surface area contributed by atoms with Crippen molar-refractivity contribution in [1.29, 1.82) is 0 Å². The zero-order chi connectivity index (χ0) is 8.69. The van der Waals surface area contributed by atoms with Crippen molar-refractivity contribution in [1.82, 2.24) is 9.88 Å². The van der Waals surface area contributed by atoms with Gasteiger partial charge in [0.15, 0.2) is 0 Å². The lowest BCUT2D eigenvalue weighted by molar-refractivity contribution is 0.327. The minimum Gasteiger partial charge on any atom is -0.406 e. The average molecular weight is 176 g/mol.